The smallest absolute Gasteiger partial charge is 0.255 e. The molecule has 2 amide bonds. The molecule has 5 nitrogen and oxygen atoms in total. The molecule has 0 spiro atoms. The lowest BCUT2D eigenvalue weighted by molar-refractivity contribution is -0.114. The molecule has 2 aromatic carbocycles. The quantitative estimate of drug-likeness (QED) is 0.890. The molecule has 0 aromatic heterocycles. The SMILES string of the molecule is CCN(C)c1ccccc1NC(=O)c1cccc(NC(C)=O)c1. The largest absolute Gasteiger partial charge is 0.373 e. The van der Waals surface area contributed by atoms with Gasteiger partial charge in [-0.15, -0.1) is 0 Å². The van der Waals surface area contributed by atoms with E-state index in [1.165, 1.54) is 6.92 Å². The predicted molar refractivity (Wildman–Crippen MR) is 94.1 cm³/mol. The van der Waals surface area contributed by atoms with Gasteiger partial charge in [0.2, 0.25) is 5.91 Å². The summed E-state index contributed by atoms with van der Waals surface area (Å²) in [6.07, 6.45) is 0. The Morgan fingerprint density at radius 3 is 2.48 bits per heavy atom. The average Bonchev–Trinajstić information content (AvgIpc) is 2.54. The van der Waals surface area contributed by atoms with E-state index in [9.17, 15) is 9.59 Å². The van der Waals surface area contributed by atoms with Crippen molar-refractivity contribution < 1.29 is 9.59 Å². The zero-order chi connectivity index (χ0) is 16.8. The Hall–Kier alpha value is -2.82. The average molecular weight is 311 g/mol. The summed E-state index contributed by atoms with van der Waals surface area (Å²) < 4.78 is 0. The molecule has 0 radical (unpaired) electrons. The van der Waals surface area contributed by atoms with E-state index < -0.39 is 0 Å². The van der Waals surface area contributed by atoms with E-state index in [0.717, 1.165) is 17.9 Å². The van der Waals surface area contributed by atoms with E-state index in [-0.39, 0.29) is 11.8 Å². The van der Waals surface area contributed by atoms with E-state index in [2.05, 4.69) is 22.5 Å². The van der Waals surface area contributed by atoms with Crippen LogP contribution in [0.3, 0.4) is 0 Å². The van der Waals surface area contributed by atoms with Gasteiger partial charge in [0.05, 0.1) is 11.4 Å². The fourth-order valence-corrected chi connectivity index (χ4v) is 2.22. The third-order valence-electron chi connectivity index (χ3n) is 3.48. The zero-order valence-corrected chi connectivity index (χ0v) is 13.6. The van der Waals surface area contributed by atoms with Crippen molar-refractivity contribution in [3.8, 4) is 0 Å². The Balaban J connectivity index is 2.21. The summed E-state index contributed by atoms with van der Waals surface area (Å²) in [5, 5.41) is 5.60. The molecule has 0 bridgehead atoms. The van der Waals surface area contributed by atoms with Gasteiger partial charge >= 0.3 is 0 Å². The molecule has 0 saturated carbocycles. The van der Waals surface area contributed by atoms with Gasteiger partial charge in [0.1, 0.15) is 0 Å². The predicted octanol–water partition coefficient (Wildman–Crippen LogP) is 3.35. The molecule has 2 rings (SSSR count). The van der Waals surface area contributed by atoms with Crippen LogP contribution in [-0.2, 0) is 4.79 Å². The molecule has 2 aromatic rings. The summed E-state index contributed by atoms with van der Waals surface area (Å²) in [6.45, 7) is 4.32. The summed E-state index contributed by atoms with van der Waals surface area (Å²) in [6, 6.07) is 14.5. The van der Waals surface area contributed by atoms with Gasteiger partial charge in [-0.2, -0.15) is 0 Å². The van der Waals surface area contributed by atoms with Gasteiger partial charge in [-0.05, 0) is 37.3 Å². The Bertz CT molecular complexity index is 713. The first-order valence-electron chi connectivity index (χ1n) is 7.50. The van der Waals surface area contributed by atoms with Crippen LogP contribution in [0.1, 0.15) is 24.2 Å². The Morgan fingerprint density at radius 1 is 1.04 bits per heavy atom. The lowest BCUT2D eigenvalue weighted by atomic mass is 10.1. The Morgan fingerprint density at radius 2 is 1.78 bits per heavy atom. The summed E-state index contributed by atoms with van der Waals surface area (Å²) in [4.78, 5) is 25.7. The molecule has 0 heterocycles. The van der Waals surface area contributed by atoms with Crippen LogP contribution in [0.4, 0.5) is 17.1 Å². The van der Waals surface area contributed by atoms with E-state index in [1.54, 1.807) is 24.3 Å². The molecule has 0 atom stereocenters. The lowest BCUT2D eigenvalue weighted by Crippen LogP contribution is -2.20. The summed E-state index contributed by atoms with van der Waals surface area (Å²) in [5.74, 6) is -0.383. The molecule has 120 valence electrons. The molecular formula is C18H21N3O2. The molecule has 0 aliphatic carbocycles. The van der Waals surface area contributed by atoms with Gasteiger partial charge in [-0.1, -0.05) is 18.2 Å². The fourth-order valence-electron chi connectivity index (χ4n) is 2.22. The first-order chi connectivity index (χ1) is 11.0. The molecule has 2 N–H and O–H groups in total. The van der Waals surface area contributed by atoms with E-state index in [0.29, 0.717) is 11.3 Å². The maximum atomic E-state index is 12.5. The van der Waals surface area contributed by atoms with Crippen LogP contribution < -0.4 is 15.5 Å². The van der Waals surface area contributed by atoms with Crippen molar-refractivity contribution >= 4 is 28.9 Å². The topological polar surface area (TPSA) is 61.4 Å². The number of hydrogen-bond acceptors (Lipinski definition) is 3. The number of carbonyl (C=O) groups excluding carboxylic acids is 2. The van der Waals surface area contributed by atoms with Gasteiger partial charge < -0.3 is 15.5 Å². The Kier molecular flexibility index (Phi) is 5.36. The first kappa shape index (κ1) is 16.5. The van der Waals surface area contributed by atoms with Crippen LogP contribution in [0.25, 0.3) is 0 Å². The highest BCUT2D eigenvalue weighted by Gasteiger charge is 2.11. The van der Waals surface area contributed by atoms with Crippen LogP contribution in [-0.4, -0.2) is 25.4 Å². The highest BCUT2D eigenvalue weighted by molar-refractivity contribution is 6.06. The molecular weight excluding hydrogens is 290 g/mol. The highest BCUT2D eigenvalue weighted by Crippen LogP contribution is 2.25. The number of carbonyl (C=O) groups is 2. The van der Waals surface area contributed by atoms with Crippen molar-refractivity contribution in [2.45, 2.75) is 13.8 Å². The van der Waals surface area contributed by atoms with E-state index >= 15 is 0 Å². The maximum absolute atomic E-state index is 12.5. The summed E-state index contributed by atoms with van der Waals surface area (Å²) >= 11 is 0. The van der Waals surface area contributed by atoms with Crippen LogP contribution in [0.15, 0.2) is 48.5 Å². The number of para-hydroxylation sites is 2. The second-order valence-corrected chi connectivity index (χ2v) is 5.25. The molecule has 23 heavy (non-hydrogen) atoms. The Labute approximate surface area is 136 Å². The van der Waals surface area contributed by atoms with Crippen LogP contribution in [0.2, 0.25) is 0 Å². The van der Waals surface area contributed by atoms with Crippen LogP contribution in [0.5, 0.6) is 0 Å². The molecule has 0 aliphatic heterocycles. The zero-order valence-electron chi connectivity index (χ0n) is 13.6. The minimum Gasteiger partial charge on any atom is -0.373 e. The number of benzene rings is 2. The number of anilines is 3. The molecule has 0 unspecified atom stereocenters. The second-order valence-electron chi connectivity index (χ2n) is 5.25. The summed E-state index contributed by atoms with van der Waals surface area (Å²) in [7, 11) is 1.97. The minimum absolute atomic E-state index is 0.169. The summed E-state index contributed by atoms with van der Waals surface area (Å²) in [5.41, 5.74) is 2.81. The van der Waals surface area contributed by atoms with Gasteiger partial charge in [0, 0.05) is 31.8 Å². The monoisotopic (exact) mass is 311 g/mol. The van der Waals surface area contributed by atoms with Crippen molar-refractivity contribution in [3.63, 3.8) is 0 Å². The molecule has 0 fully saturated rings. The van der Waals surface area contributed by atoms with Gasteiger partial charge in [0.15, 0.2) is 0 Å². The maximum Gasteiger partial charge on any atom is 0.255 e. The molecule has 5 heteroatoms. The van der Waals surface area contributed by atoms with Crippen LogP contribution >= 0.6 is 0 Å². The highest BCUT2D eigenvalue weighted by atomic mass is 16.2. The second kappa shape index (κ2) is 7.45. The first-order valence-corrected chi connectivity index (χ1v) is 7.50. The van der Waals surface area contributed by atoms with E-state index in [1.807, 2.05) is 31.3 Å². The van der Waals surface area contributed by atoms with Crippen molar-refractivity contribution in [2.24, 2.45) is 0 Å². The standard InChI is InChI=1S/C18H21N3O2/c1-4-21(3)17-11-6-5-10-16(17)20-18(23)14-8-7-9-15(12-14)19-13(2)22/h5-12H,4H2,1-3H3,(H,19,22)(H,20,23). The number of hydrogen-bond donors (Lipinski definition) is 2. The van der Waals surface area contributed by atoms with Gasteiger partial charge in [-0.3, -0.25) is 9.59 Å². The van der Waals surface area contributed by atoms with Crippen molar-refractivity contribution in [2.75, 3.05) is 29.1 Å². The number of amides is 2. The third kappa shape index (κ3) is 4.32. The van der Waals surface area contributed by atoms with Crippen molar-refractivity contribution in [1.82, 2.24) is 0 Å². The fraction of sp³-hybridized carbons (Fsp3) is 0.222. The van der Waals surface area contributed by atoms with Gasteiger partial charge in [-0.25, -0.2) is 0 Å². The molecule has 0 aliphatic rings. The normalized spacial score (nSPS) is 10.0. The third-order valence-corrected chi connectivity index (χ3v) is 3.48. The number of nitrogens with one attached hydrogen (secondary N) is 2. The number of rotatable bonds is 5. The minimum atomic E-state index is -0.214. The number of nitrogens with zero attached hydrogens (tertiary/aromatic N) is 1. The van der Waals surface area contributed by atoms with E-state index in [4.69, 9.17) is 0 Å². The van der Waals surface area contributed by atoms with Gasteiger partial charge in [0.25, 0.3) is 5.91 Å². The van der Waals surface area contributed by atoms with Crippen molar-refractivity contribution in [1.29, 1.82) is 0 Å². The lowest BCUT2D eigenvalue weighted by Gasteiger charge is -2.20. The van der Waals surface area contributed by atoms with Crippen LogP contribution in [0, 0.1) is 0 Å². The molecule has 0 saturated heterocycles. The van der Waals surface area contributed by atoms with Crippen molar-refractivity contribution in [3.05, 3.63) is 54.1 Å².